The molecule has 1 nitrogen and oxygen atoms in total. The van der Waals surface area contributed by atoms with Crippen LogP contribution in [0.15, 0.2) is 11.6 Å². The maximum absolute atomic E-state index is 11.6. The van der Waals surface area contributed by atoms with Crippen molar-refractivity contribution < 1.29 is 4.79 Å². The summed E-state index contributed by atoms with van der Waals surface area (Å²) in [5, 5.41) is 0. The largest absolute Gasteiger partial charge is 0.295 e. The third-order valence-electron chi connectivity index (χ3n) is 2.93. The van der Waals surface area contributed by atoms with E-state index in [0.717, 1.165) is 31.3 Å². The van der Waals surface area contributed by atoms with Gasteiger partial charge in [-0.1, -0.05) is 33.3 Å². The van der Waals surface area contributed by atoms with E-state index in [1.807, 2.05) is 0 Å². The molecule has 1 aliphatic carbocycles. The summed E-state index contributed by atoms with van der Waals surface area (Å²) in [6.45, 7) is 6.54. The van der Waals surface area contributed by atoms with Crippen molar-refractivity contribution in [1.29, 1.82) is 0 Å². The van der Waals surface area contributed by atoms with Gasteiger partial charge >= 0.3 is 0 Å². The Labute approximate surface area is 81.2 Å². The van der Waals surface area contributed by atoms with Gasteiger partial charge in [0.2, 0.25) is 0 Å². The molecule has 13 heavy (non-hydrogen) atoms. The monoisotopic (exact) mass is 180 g/mol. The van der Waals surface area contributed by atoms with Gasteiger partial charge in [-0.05, 0) is 30.3 Å². The van der Waals surface area contributed by atoms with Gasteiger partial charge in [-0.15, -0.1) is 0 Å². The smallest absolute Gasteiger partial charge is 0.158 e. The molecule has 0 radical (unpaired) electrons. The fourth-order valence-corrected chi connectivity index (χ4v) is 1.88. The average Bonchev–Trinajstić information content (AvgIpc) is 2.08. The molecule has 1 aliphatic rings. The quantitative estimate of drug-likeness (QED) is 0.651. The third kappa shape index (κ3) is 2.68. The van der Waals surface area contributed by atoms with Gasteiger partial charge < -0.3 is 0 Å². The van der Waals surface area contributed by atoms with Crippen molar-refractivity contribution in [3.05, 3.63) is 11.6 Å². The Balaban J connectivity index is 2.59. The Morgan fingerprint density at radius 2 is 2.23 bits per heavy atom. The van der Waals surface area contributed by atoms with E-state index in [9.17, 15) is 4.79 Å². The first-order valence-electron chi connectivity index (χ1n) is 5.37. The summed E-state index contributed by atoms with van der Waals surface area (Å²) in [5.41, 5.74) is 1.08. The Kier molecular flexibility index (Phi) is 3.71. The molecular weight excluding hydrogens is 160 g/mol. The molecule has 1 rings (SSSR count). The van der Waals surface area contributed by atoms with Gasteiger partial charge in [0.05, 0.1) is 0 Å². The molecule has 0 unspecified atom stereocenters. The number of ketones is 1. The highest BCUT2D eigenvalue weighted by molar-refractivity contribution is 5.96. The highest BCUT2D eigenvalue weighted by Crippen LogP contribution is 2.28. The first-order chi connectivity index (χ1) is 6.15. The lowest BCUT2D eigenvalue weighted by atomic mass is 9.81. The van der Waals surface area contributed by atoms with Gasteiger partial charge in [-0.3, -0.25) is 4.79 Å². The second-order valence-corrected chi connectivity index (χ2v) is 4.35. The Morgan fingerprint density at radius 1 is 1.54 bits per heavy atom. The molecule has 0 heterocycles. The third-order valence-corrected chi connectivity index (χ3v) is 2.93. The molecule has 0 N–H and O–H groups in total. The minimum absolute atomic E-state index is 0.395. The average molecular weight is 180 g/mol. The van der Waals surface area contributed by atoms with E-state index in [1.54, 1.807) is 0 Å². The van der Waals surface area contributed by atoms with Crippen LogP contribution in [-0.2, 0) is 4.79 Å². The summed E-state index contributed by atoms with van der Waals surface area (Å²) in [6.07, 6.45) is 6.12. The van der Waals surface area contributed by atoms with E-state index >= 15 is 0 Å². The zero-order chi connectivity index (χ0) is 9.84. The van der Waals surface area contributed by atoms with E-state index < -0.39 is 0 Å². The second kappa shape index (κ2) is 4.59. The van der Waals surface area contributed by atoms with Crippen molar-refractivity contribution in [1.82, 2.24) is 0 Å². The number of hydrogen-bond acceptors (Lipinski definition) is 1. The first kappa shape index (κ1) is 10.5. The molecule has 0 aromatic heterocycles. The van der Waals surface area contributed by atoms with Crippen LogP contribution in [0.3, 0.4) is 0 Å². The SMILES string of the molecule is CCCC1=CC[C@H](C(C)C)CC1=O. The fourth-order valence-electron chi connectivity index (χ4n) is 1.88. The van der Waals surface area contributed by atoms with Crippen molar-refractivity contribution >= 4 is 5.78 Å². The van der Waals surface area contributed by atoms with Crippen molar-refractivity contribution in [2.45, 2.75) is 46.5 Å². The number of hydrogen-bond donors (Lipinski definition) is 0. The highest BCUT2D eigenvalue weighted by Gasteiger charge is 2.22. The van der Waals surface area contributed by atoms with Gasteiger partial charge in [0.1, 0.15) is 0 Å². The molecule has 74 valence electrons. The lowest BCUT2D eigenvalue weighted by Gasteiger charge is -2.23. The summed E-state index contributed by atoms with van der Waals surface area (Å²) < 4.78 is 0. The van der Waals surface area contributed by atoms with Crippen LogP contribution in [0.25, 0.3) is 0 Å². The number of carbonyl (C=O) groups excluding carboxylic acids is 1. The molecule has 1 heteroatoms. The summed E-state index contributed by atoms with van der Waals surface area (Å²) >= 11 is 0. The Morgan fingerprint density at radius 3 is 2.69 bits per heavy atom. The van der Waals surface area contributed by atoms with E-state index in [2.05, 4.69) is 26.8 Å². The second-order valence-electron chi connectivity index (χ2n) is 4.35. The number of rotatable bonds is 3. The summed E-state index contributed by atoms with van der Waals surface area (Å²) in [7, 11) is 0. The van der Waals surface area contributed by atoms with Crippen LogP contribution < -0.4 is 0 Å². The predicted octanol–water partition coefficient (Wildman–Crippen LogP) is 3.35. The molecular formula is C12H20O. The van der Waals surface area contributed by atoms with Crippen molar-refractivity contribution in [2.75, 3.05) is 0 Å². The van der Waals surface area contributed by atoms with Crippen LogP contribution in [0.2, 0.25) is 0 Å². The van der Waals surface area contributed by atoms with Crippen LogP contribution in [0.4, 0.5) is 0 Å². The Hall–Kier alpha value is -0.590. The van der Waals surface area contributed by atoms with E-state index in [-0.39, 0.29) is 0 Å². The maximum atomic E-state index is 11.6. The first-order valence-corrected chi connectivity index (χ1v) is 5.37. The summed E-state index contributed by atoms with van der Waals surface area (Å²) in [6, 6.07) is 0. The molecule has 0 bridgehead atoms. The fraction of sp³-hybridized carbons (Fsp3) is 0.750. The lowest BCUT2D eigenvalue weighted by molar-refractivity contribution is -0.117. The molecule has 0 saturated carbocycles. The predicted molar refractivity (Wildman–Crippen MR) is 55.6 cm³/mol. The summed E-state index contributed by atoms with van der Waals surface area (Å²) in [5.74, 6) is 1.63. The van der Waals surface area contributed by atoms with Gasteiger partial charge in [0.15, 0.2) is 5.78 Å². The number of allylic oxidation sites excluding steroid dienone is 2. The Bertz CT molecular complexity index is 213. The van der Waals surface area contributed by atoms with E-state index in [1.165, 1.54) is 0 Å². The maximum Gasteiger partial charge on any atom is 0.158 e. The zero-order valence-electron chi connectivity index (χ0n) is 8.97. The molecule has 0 amide bonds. The van der Waals surface area contributed by atoms with Crippen LogP contribution in [0.1, 0.15) is 46.5 Å². The van der Waals surface area contributed by atoms with Gasteiger partial charge in [-0.25, -0.2) is 0 Å². The molecule has 0 aromatic rings. The molecule has 1 atom stereocenters. The van der Waals surface area contributed by atoms with Crippen molar-refractivity contribution in [2.24, 2.45) is 11.8 Å². The number of carbonyl (C=O) groups is 1. The van der Waals surface area contributed by atoms with Crippen LogP contribution in [0, 0.1) is 11.8 Å². The molecule has 0 aromatic carbocycles. The standard InChI is InChI=1S/C12H20O/c1-4-5-10-6-7-11(9(2)3)8-12(10)13/h6,9,11H,4-5,7-8H2,1-3H3/t11-/m0/s1. The molecule has 0 spiro atoms. The van der Waals surface area contributed by atoms with Crippen LogP contribution in [-0.4, -0.2) is 5.78 Å². The molecule has 0 aliphatic heterocycles. The highest BCUT2D eigenvalue weighted by atomic mass is 16.1. The molecule has 0 saturated heterocycles. The van der Waals surface area contributed by atoms with E-state index in [0.29, 0.717) is 17.6 Å². The van der Waals surface area contributed by atoms with Crippen LogP contribution >= 0.6 is 0 Å². The van der Waals surface area contributed by atoms with E-state index in [4.69, 9.17) is 0 Å². The van der Waals surface area contributed by atoms with Gasteiger partial charge in [-0.2, -0.15) is 0 Å². The van der Waals surface area contributed by atoms with Gasteiger partial charge in [0, 0.05) is 6.42 Å². The minimum atomic E-state index is 0.395. The van der Waals surface area contributed by atoms with Gasteiger partial charge in [0.25, 0.3) is 0 Å². The minimum Gasteiger partial charge on any atom is -0.295 e. The lowest BCUT2D eigenvalue weighted by Crippen LogP contribution is -2.19. The van der Waals surface area contributed by atoms with Crippen molar-refractivity contribution in [3.8, 4) is 0 Å². The topological polar surface area (TPSA) is 17.1 Å². The zero-order valence-corrected chi connectivity index (χ0v) is 8.97. The van der Waals surface area contributed by atoms with Crippen LogP contribution in [0.5, 0.6) is 0 Å². The van der Waals surface area contributed by atoms with Crippen molar-refractivity contribution in [3.63, 3.8) is 0 Å². The molecule has 0 fully saturated rings. The number of Topliss-reactive ketones (excluding diaryl/α,β-unsaturated/α-hetero) is 1. The normalized spacial score (nSPS) is 23.5. The summed E-state index contributed by atoms with van der Waals surface area (Å²) in [4.78, 5) is 11.6.